The van der Waals surface area contributed by atoms with Crippen molar-refractivity contribution >= 4 is 0 Å². The van der Waals surface area contributed by atoms with Crippen LogP contribution < -0.4 is 5.73 Å². The highest BCUT2D eigenvalue weighted by atomic mass is 15.4. The average molecular weight is 248 g/mol. The van der Waals surface area contributed by atoms with Gasteiger partial charge in [-0.15, -0.1) is 5.10 Å². The SMILES string of the molecule is CCCC(N)c1cn(CCc2cnn(C)c2)nn1. The predicted octanol–water partition coefficient (Wildman–Crippen LogP) is 1.05. The van der Waals surface area contributed by atoms with Gasteiger partial charge in [-0.3, -0.25) is 9.36 Å². The molecule has 0 aliphatic carbocycles. The average Bonchev–Trinajstić information content (AvgIpc) is 2.95. The molecule has 0 saturated heterocycles. The van der Waals surface area contributed by atoms with E-state index in [4.69, 9.17) is 5.73 Å². The van der Waals surface area contributed by atoms with Crippen LogP contribution in [-0.2, 0) is 20.0 Å². The Labute approximate surface area is 107 Å². The summed E-state index contributed by atoms with van der Waals surface area (Å²) < 4.78 is 3.65. The zero-order chi connectivity index (χ0) is 13.0. The van der Waals surface area contributed by atoms with E-state index in [0.29, 0.717) is 0 Å². The summed E-state index contributed by atoms with van der Waals surface area (Å²) >= 11 is 0. The van der Waals surface area contributed by atoms with E-state index in [0.717, 1.165) is 31.5 Å². The number of nitrogens with zero attached hydrogens (tertiary/aromatic N) is 5. The van der Waals surface area contributed by atoms with Crippen LogP contribution in [0.1, 0.15) is 37.1 Å². The molecule has 98 valence electrons. The summed E-state index contributed by atoms with van der Waals surface area (Å²) in [5.41, 5.74) is 8.08. The van der Waals surface area contributed by atoms with Crippen molar-refractivity contribution in [1.29, 1.82) is 0 Å². The van der Waals surface area contributed by atoms with Crippen LogP contribution in [0.25, 0.3) is 0 Å². The van der Waals surface area contributed by atoms with Crippen molar-refractivity contribution in [2.24, 2.45) is 12.8 Å². The number of nitrogens with two attached hydrogens (primary N) is 1. The highest BCUT2D eigenvalue weighted by Gasteiger charge is 2.09. The van der Waals surface area contributed by atoms with Gasteiger partial charge in [0, 0.05) is 19.8 Å². The molecule has 0 bridgehead atoms. The van der Waals surface area contributed by atoms with Gasteiger partial charge in [-0.2, -0.15) is 5.10 Å². The molecular formula is C12H20N6. The third-order valence-corrected chi connectivity index (χ3v) is 2.92. The van der Waals surface area contributed by atoms with E-state index < -0.39 is 0 Å². The Kier molecular flexibility index (Phi) is 4.09. The number of aromatic nitrogens is 5. The Balaban J connectivity index is 1.90. The van der Waals surface area contributed by atoms with Crippen LogP contribution >= 0.6 is 0 Å². The van der Waals surface area contributed by atoms with Crippen LogP contribution in [0.3, 0.4) is 0 Å². The third-order valence-electron chi connectivity index (χ3n) is 2.92. The highest BCUT2D eigenvalue weighted by Crippen LogP contribution is 2.12. The van der Waals surface area contributed by atoms with Crippen LogP contribution in [-0.4, -0.2) is 24.8 Å². The minimum absolute atomic E-state index is 0.00198. The molecule has 1 unspecified atom stereocenters. The number of aryl methyl sites for hydroxylation is 3. The van der Waals surface area contributed by atoms with Crippen LogP contribution in [0.5, 0.6) is 0 Å². The van der Waals surface area contributed by atoms with E-state index in [1.54, 1.807) is 4.68 Å². The third kappa shape index (κ3) is 3.16. The fourth-order valence-corrected chi connectivity index (χ4v) is 1.90. The maximum Gasteiger partial charge on any atom is 0.0994 e. The zero-order valence-electron chi connectivity index (χ0n) is 11.0. The molecule has 18 heavy (non-hydrogen) atoms. The van der Waals surface area contributed by atoms with Crippen molar-refractivity contribution in [1.82, 2.24) is 24.8 Å². The second kappa shape index (κ2) is 5.77. The molecule has 2 aromatic heterocycles. The maximum atomic E-state index is 6.00. The molecule has 1 atom stereocenters. The number of hydrogen-bond donors (Lipinski definition) is 1. The van der Waals surface area contributed by atoms with Crippen molar-refractivity contribution in [2.75, 3.05) is 0 Å². The van der Waals surface area contributed by atoms with Crippen molar-refractivity contribution in [3.63, 3.8) is 0 Å². The van der Waals surface area contributed by atoms with Crippen molar-refractivity contribution in [3.8, 4) is 0 Å². The molecule has 0 aromatic carbocycles. The Morgan fingerprint density at radius 3 is 2.89 bits per heavy atom. The van der Waals surface area contributed by atoms with Crippen LogP contribution in [0.2, 0.25) is 0 Å². The summed E-state index contributed by atoms with van der Waals surface area (Å²) in [5, 5.41) is 12.4. The van der Waals surface area contributed by atoms with E-state index in [-0.39, 0.29) is 6.04 Å². The van der Waals surface area contributed by atoms with Gasteiger partial charge < -0.3 is 5.73 Å². The number of rotatable bonds is 6. The Hall–Kier alpha value is -1.69. The van der Waals surface area contributed by atoms with Gasteiger partial charge >= 0.3 is 0 Å². The van der Waals surface area contributed by atoms with Crippen LogP contribution in [0, 0.1) is 0 Å². The summed E-state index contributed by atoms with van der Waals surface area (Å²) in [6, 6.07) is 0.00198. The summed E-state index contributed by atoms with van der Waals surface area (Å²) in [5.74, 6) is 0. The van der Waals surface area contributed by atoms with E-state index in [1.165, 1.54) is 5.56 Å². The first kappa shape index (κ1) is 12.8. The molecule has 2 aromatic rings. The van der Waals surface area contributed by atoms with E-state index in [9.17, 15) is 0 Å². The van der Waals surface area contributed by atoms with Gasteiger partial charge in [0.2, 0.25) is 0 Å². The monoisotopic (exact) mass is 248 g/mol. The molecule has 6 heteroatoms. The van der Waals surface area contributed by atoms with Gasteiger partial charge in [-0.1, -0.05) is 18.6 Å². The molecule has 6 nitrogen and oxygen atoms in total. The summed E-state index contributed by atoms with van der Waals surface area (Å²) in [4.78, 5) is 0. The smallest absolute Gasteiger partial charge is 0.0994 e. The molecular weight excluding hydrogens is 228 g/mol. The first-order valence-electron chi connectivity index (χ1n) is 6.32. The number of hydrogen-bond acceptors (Lipinski definition) is 4. The predicted molar refractivity (Wildman–Crippen MR) is 68.8 cm³/mol. The Morgan fingerprint density at radius 1 is 1.39 bits per heavy atom. The lowest BCUT2D eigenvalue weighted by molar-refractivity contribution is 0.587. The lowest BCUT2D eigenvalue weighted by Crippen LogP contribution is -2.10. The maximum absolute atomic E-state index is 6.00. The van der Waals surface area contributed by atoms with Crippen molar-refractivity contribution < 1.29 is 0 Å². The summed E-state index contributed by atoms with van der Waals surface area (Å²) in [6.45, 7) is 2.92. The zero-order valence-corrected chi connectivity index (χ0v) is 11.0. The first-order valence-corrected chi connectivity index (χ1v) is 6.32. The topological polar surface area (TPSA) is 74.6 Å². The van der Waals surface area contributed by atoms with Gasteiger partial charge in [0.25, 0.3) is 0 Å². The molecule has 0 fully saturated rings. The van der Waals surface area contributed by atoms with Crippen molar-refractivity contribution in [3.05, 3.63) is 29.8 Å². The molecule has 2 rings (SSSR count). The second-order valence-corrected chi connectivity index (χ2v) is 4.57. The van der Waals surface area contributed by atoms with E-state index in [1.807, 2.05) is 30.3 Å². The molecule has 2 N–H and O–H groups in total. The molecule has 0 aliphatic rings. The van der Waals surface area contributed by atoms with Crippen LogP contribution in [0.4, 0.5) is 0 Å². The van der Waals surface area contributed by atoms with Gasteiger partial charge in [0.1, 0.15) is 0 Å². The quantitative estimate of drug-likeness (QED) is 0.829. The fraction of sp³-hybridized carbons (Fsp3) is 0.583. The minimum Gasteiger partial charge on any atom is -0.323 e. The lowest BCUT2D eigenvalue weighted by atomic mass is 10.1. The van der Waals surface area contributed by atoms with Gasteiger partial charge in [0.05, 0.1) is 24.1 Å². The molecule has 0 radical (unpaired) electrons. The molecule has 0 aliphatic heterocycles. The van der Waals surface area contributed by atoms with Crippen LogP contribution in [0.15, 0.2) is 18.6 Å². The van der Waals surface area contributed by atoms with Gasteiger partial charge in [-0.05, 0) is 18.4 Å². The second-order valence-electron chi connectivity index (χ2n) is 4.57. The first-order chi connectivity index (χ1) is 8.69. The largest absolute Gasteiger partial charge is 0.323 e. The Morgan fingerprint density at radius 2 is 2.22 bits per heavy atom. The molecule has 2 heterocycles. The van der Waals surface area contributed by atoms with E-state index >= 15 is 0 Å². The van der Waals surface area contributed by atoms with Crippen molar-refractivity contribution in [2.45, 2.75) is 38.8 Å². The molecule has 0 saturated carbocycles. The molecule has 0 amide bonds. The summed E-state index contributed by atoms with van der Waals surface area (Å²) in [6.07, 6.45) is 8.74. The van der Waals surface area contributed by atoms with Gasteiger partial charge in [-0.25, -0.2) is 0 Å². The van der Waals surface area contributed by atoms with Gasteiger partial charge in [0.15, 0.2) is 0 Å². The standard InChI is InChI=1S/C12H20N6/c1-3-4-11(13)12-9-18(16-15-12)6-5-10-7-14-17(2)8-10/h7-9,11H,3-6,13H2,1-2H3. The Bertz CT molecular complexity index is 486. The lowest BCUT2D eigenvalue weighted by Gasteiger charge is -2.04. The highest BCUT2D eigenvalue weighted by molar-refractivity contribution is 5.04. The van der Waals surface area contributed by atoms with E-state index in [2.05, 4.69) is 22.3 Å². The fourth-order valence-electron chi connectivity index (χ4n) is 1.90. The minimum atomic E-state index is 0.00198. The molecule has 0 spiro atoms. The summed E-state index contributed by atoms with van der Waals surface area (Å²) in [7, 11) is 1.92. The normalized spacial score (nSPS) is 12.8.